The molecule has 0 radical (unpaired) electrons. The molecule has 1 N–H and O–H groups in total. The molecule has 0 bridgehead atoms. The number of carbonyl (C=O) groups excluding carboxylic acids is 1. The fraction of sp³-hybridized carbons (Fsp3) is 0.0870. The first-order chi connectivity index (χ1) is 14.6. The van der Waals surface area contributed by atoms with Crippen molar-refractivity contribution in [2.24, 2.45) is 0 Å². The van der Waals surface area contributed by atoms with Crippen molar-refractivity contribution in [1.82, 2.24) is 20.0 Å². The predicted molar refractivity (Wildman–Crippen MR) is 110 cm³/mol. The van der Waals surface area contributed by atoms with E-state index in [1.54, 1.807) is 37.5 Å². The van der Waals surface area contributed by atoms with Crippen LogP contribution in [0.25, 0.3) is 28.2 Å². The molecule has 2 aromatic carbocycles. The van der Waals surface area contributed by atoms with Crippen LogP contribution >= 0.6 is 0 Å². The van der Waals surface area contributed by atoms with E-state index in [1.165, 1.54) is 12.1 Å². The lowest BCUT2D eigenvalue weighted by Crippen LogP contribution is -2.23. The first-order valence-corrected chi connectivity index (χ1v) is 9.15. The Morgan fingerprint density at radius 3 is 2.80 bits per heavy atom. The lowest BCUT2D eigenvalue weighted by Gasteiger charge is -2.05. The molecule has 0 aliphatic carbocycles. The van der Waals surface area contributed by atoms with Crippen LogP contribution in [0.2, 0.25) is 0 Å². The lowest BCUT2D eigenvalue weighted by molar-refractivity contribution is 0.0958. The number of terminal acetylenes is 1. The summed E-state index contributed by atoms with van der Waals surface area (Å²) >= 11 is 0. The van der Waals surface area contributed by atoms with Gasteiger partial charge in [0.25, 0.3) is 5.91 Å². The van der Waals surface area contributed by atoms with E-state index in [1.807, 2.05) is 22.9 Å². The van der Waals surface area contributed by atoms with E-state index >= 15 is 0 Å². The van der Waals surface area contributed by atoms with Crippen LogP contribution in [0.4, 0.5) is 4.39 Å². The van der Waals surface area contributed by atoms with Gasteiger partial charge in [0.1, 0.15) is 17.3 Å². The van der Waals surface area contributed by atoms with E-state index < -0.39 is 0 Å². The van der Waals surface area contributed by atoms with Crippen LogP contribution in [-0.2, 0) is 0 Å². The van der Waals surface area contributed by atoms with Crippen molar-refractivity contribution in [3.8, 4) is 40.5 Å². The number of hydrogen-bond donors (Lipinski definition) is 1. The molecule has 2 aromatic heterocycles. The maximum absolute atomic E-state index is 13.7. The van der Waals surface area contributed by atoms with E-state index in [0.29, 0.717) is 33.8 Å². The summed E-state index contributed by atoms with van der Waals surface area (Å²) in [4.78, 5) is 16.4. The molecule has 0 saturated heterocycles. The first kappa shape index (κ1) is 19.2. The van der Waals surface area contributed by atoms with Gasteiger partial charge in [-0.3, -0.25) is 4.79 Å². The summed E-state index contributed by atoms with van der Waals surface area (Å²) in [6.07, 6.45) is 8.64. The number of rotatable bonds is 5. The van der Waals surface area contributed by atoms with Crippen molar-refractivity contribution in [2.75, 3.05) is 6.54 Å². The third-order valence-electron chi connectivity index (χ3n) is 4.58. The maximum atomic E-state index is 13.7. The summed E-state index contributed by atoms with van der Waals surface area (Å²) in [5, 5.41) is 6.72. The number of carbonyl (C=O) groups is 1. The van der Waals surface area contributed by atoms with Crippen molar-refractivity contribution in [2.45, 2.75) is 6.92 Å². The van der Waals surface area contributed by atoms with Crippen LogP contribution in [0.1, 0.15) is 16.1 Å². The standard InChI is InChI=1S/C23H17FN4O2/c1-3-11-25-23(29)16-7-9-19(10-8-16)28-13-20(26-14-28)21-15(2)30-27-22(21)17-5-4-6-18(24)12-17/h1,4-10,12-14H,11H2,2H3,(H,25,29). The maximum Gasteiger partial charge on any atom is 0.252 e. The third-order valence-corrected chi connectivity index (χ3v) is 4.58. The molecule has 1 amide bonds. The second-order valence-electron chi connectivity index (χ2n) is 6.57. The third kappa shape index (κ3) is 3.71. The van der Waals surface area contributed by atoms with Gasteiger partial charge in [-0.1, -0.05) is 23.2 Å². The van der Waals surface area contributed by atoms with Crippen LogP contribution in [0.15, 0.2) is 65.6 Å². The van der Waals surface area contributed by atoms with E-state index in [2.05, 4.69) is 21.4 Å². The van der Waals surface area contributed by atoms with Crippen LogP contribution in [-0.4, -0.2) is 27.2 Å². The van der Waals surface area contributed by atoms with Gasteiger partial charge in [-0.05, 0) is 43.3 Å². The number of halogens is 1. The number of aromatic nitrogens is 3. The average Bonchev–Trinajstić information content (AvgIpc) is 3.38. The minimum atomic E-state index is -0.351. The molecule has 4 aromatic rings. The molecule has 0 aliphatic rings. The zero-order chi connectivity index (χ0) is 21.1. The van der Waals surface area contributed by atoms with Crippen LogP contribution in [0.3, 0.4) is 0 Å². The van der Waals surface area contributed by atoms with Gasteiger partial charge in [0.15, 0.2) is 0 Å². The molecule has 30 heavy (non-hydrogen) atoms. The van der Waals surface area contributed by atoms with Gasteiger partial charge in [-0.25, -0.2) is 9.37 Å². The average molecular weight is 400 g/mol. The van der Waals surface area contributed by atoms with Crippen molar-refractivity contribution < 1.29 is 13.7 Å². The highest BCUT2D eigenvalue weighted by Crippen LogP contribution is 2.33. The van der Waals surface area contributed by atoms with Crippen molar-refractivity contribution >= 4 is 5.91 Å². The highest BCUT2D eigenvalue weighted by atomic mass is 19.1. The van der Waals surface area contributed by atoms with E-state index in [9.17, 15) is 9.18 Å². The van der Waals surface area contributed by atoms with Crippen LogP contribution in [0, 0.1) is 25.1 Å². The Hall–Kier alpha value is -4.18. The minimum Gasteiger partial charge on any atom is -0.360 e. The Labute approximate surface area is 172 Å². The Kier molecular flexibility index (Phi) is 5.14. The van der Waals surface area contributed by atoms with Crippen molar-refractivity contribution in [1.29, 1.82) is 0 Å². The summed E-state index contributed by atoms with van der Waals surface area (Å²) in [5.41, 5.74) is 3.81. The predicted octanol–water partition coefficient (Wildman–Crippen LogP) is 4.00. The molecule has 148 valence electrons. The number of nitrogens with zero attached hydrogens (tertiary/aromatic N) is 3. The van der Waals surface area contributed by atoms with Crippen LogP contribution in [0.5, 0.6) is 0 Å². The Morgan fingerprint density at radius 2 is 2.07 bits per heavy atom. The highest BCUT2D eigenvalue weighted by Gasteiger charge is 2.19. The molecule has 0 unspecified atom stereocenters. The molecular weight excluding hydrogens is 383 g/mol. The van der Waals surface area contributed by atoms with Gasteiger partial charge < -0.3 is 14.4 Å². The SMILES string of the molecule is C#CCNC(=O)c1ccc(-n2cnc(-c3c(-c4cccc(F)c4)noc3C)c2)cc1. The van der Waals surface area contributed by atoms with Gasteiger partial charge in [-0.15, -0.1) is 6.42 Å². The van der Waals surface area contributed by atoms with Gasteiger partial charge in [-0.2, -0.15) is 0 Å². The quantitative estimate of drug-likeness (QED) is 0.514. The Balaban J connectivity index is 1.64. The molecular formula is C23H17FN4O2. The first-order valence-electron chi connectivity index (χ1n) is 9.15. The fourth-order valence-electron chi connectivity index (χ4n) is 3.12. The smallest absolute Gasteiger partial charge is 0.252 e. The van der Waals surface area contributed by atoms with E-state index in [-0.39, 0.29) is 18.3 Å². The van der Waals surface area contributed by atoms with Gasteiger partial charge in [0.05, 0.1) is 24.1 Å². The number of hydrogen-bond acceptors (Lipinski definition) is 4. The zero-order valence-electron chi connectivity index (χ0n) is 16.1. The van der Waals surface area contributed by atoms with Gasteiger partial charge >= 0.3 is 0 Å². The molecule has 0 aliphatic heterocycles. The van der Waals surface area contributed by atoms with Gasteiger partial charge in [0, 0.05) is 23.0 Å². The summed E-state index contributed by atoms with van der Waals surface area (Å²) in [5.74, 6) is 2.37. The Bertz CT molecular complexity index is 1250. The zero-order valence-corrected chi connectivity index (χ0v) is 16.1. The largest absolute Gasteiger partial charge is 0.360 e. The van der Waals surface area contributed by atoms with Gasteiger partial charge in [0.2, 0.25) is 0 Å². The summed E-state index contributed by atoms with van der Waals surface area (Å²) in [6.45, 7) is 1.96. The number of amides is 1. The fourth-order valence-corrected chi connectivity index (χ4v) is 3.12. The monoisotopic (exact) mass is 400 g/mol. The summed E-state index contributed by atoms with van der Waals surface area (Å²) in [7, 11) is 0. The van der Waals surface area contributed by atoms with E-state index in [4.69, 9.17) is 10.9 Å². The number of aryl methyl sites for hydroxylation is 1. The molecule has 0 atom stereocenters. The molecule has 2 heterocycles. The molecule has 0 spiro atoms. The summed E-state index contributed by atoms with van der Waals surface area (Å²) in [6, 6.07) is 13.2. The minimum absolute atomic E-state index is 0.178. The number of imidazole rings is 1. The van der Waals surface area contributed by atoms with Crippen molar-refractivity contribution in [3.63, 3.8) is 0 Å². The molecule has 0 fully saturated rings. The summed E-state index contributed by atoms with van der Waals surface area (Å²) < 4.78 is 20.8. The normalized spacial score (nSPS) is 10.6. The Morgan fingerprint density at radius 1 is 1.27 bits per heavy atom. The molecule has 4 rings (SSSR count). The molecule has 7 heteroatoms. The van der Waals surface area contributed by atoms with Crippen molar-refractivity contribution in [3.05, 3.63) is 78.2 Å². The number of benzene rings is 2. The van der Waals surface area contributed by atoms with Crippen LogP contribution < -0.4 is 5.32 Å². The lowest BCUT2D eigenvalue weighted by atomic mass is 10.0. The second kappa shape index (κ2) is 8.05. The second-order valence-corrected chi connectivity index (χ2v) is 6.57. The molecule has 0 saturated carbocycles. The topological polar surface area (TPSA) is 73.0 Å². The van der Waals surface area contributed by atoms with E-state index in [0.717, 1.165) is 5.69 Å². The molecule has 6 nitrogen and oxygen atoms in total. The highest BCUT2D eigenvalue weighted by molar-refractivity contribution is 5.94. The number of nitrogens with one attached hydrogen (secondary N) is 1.